The van der Waals surface area contributed by atoms with Gasteiger partial charge in [-0.3, -0.25) is 14.2 Å². The van der Waals surface area contributed by atoms with Gasteiger partial charge in [-0.05, 0) is 71.5 Å². The van der Waals surface area contributed by atoms with Gasteiger partial charge in [0.1, 0.15) is 24.7 Å². The highest BCUT2D eigenvalue weighted by Crippen LogP contribution is 2.31. The summed E-state index contributed by atoms with van der Waals surface area (Å²) in [7, 11) is 0. The summed E-state index contributed by atoms with van der Waals surface area (Å²) in [6.07, 6.45) is 1.84. The second kappa shape index (κ2) is 13.6. The summed E-state index contributed by atoms with van der Waals surface area (Å²) in [6.45, 7) is 9.14. The minimum atomic E-state index is -0.627. The molecule has 1 aliphatic rings. The zero-order valence-corrected chi connectivity index (χ0v) is 27.7. The molecule has 0 fully saturated rings. The number of hydrogen-bond acceptors (Lipinski definition) is 6. The molecule has 0 radical (unpaired) electrons. The van der Waals surface area contributed by atoms with Crippen LogP contribution in [0.1, 0.15) is 50.4 Å². The minimum Gasteiger partial charge on any atom is -0.490 e. The zero-order valence-electron chi connectivity index (χ0n) is 26.9. The van der Waals surface area contributed by atoms with Crippen LogP contribution in [-0.2, 0) is 10.2 Å². The number of benzene rings is 4. The summed E-state index contributed by atoms with van der Waals surface area (Å²) >= 11 is 1.31. The van der Waals surface area contributed by atoms with Crippen molar-refractivity contribution in [1.29, 1.82) is 0 Å². The number of carbonyl (C=O) groups is 1. The molecule has 1 amide bonds. The number of anilines is 1. The first-order valence-corrected chi connectivity index (χ1v) is 16.4. The molecule has 0 aliphatic carbocycles. The fourth-order valence-corrected chi connectivity index (χ4v) is 6.54. The van der Waals surface area contributed by atoms with Gasteiger partial charge in [0.2, 0.25) is 0 Å². The number of ether oxygens (including phenoxy) is 2. The molecular formula is C39H37N3O4S. The summed E-state index contributed by atoms with van der Waals surface area (Å²) in [5, 5.41) is 2.98. The van der Waals surface area contributed by atoms with Gasteiger partial charge in [-0.1, -0.05) is 105 Å². The Morgan fingerprint density at radius 3 is 2.21 bits per heavy atom. The predicted molar refractivity (Wildman–Crippen MR) is 188 cm³/mol. The maximum atomic E-state index is 14.0. The van der Waals surface area contributed by atoms with Crippen molar-refractivity contribution in [2.75, 3.05) is 18.5 Å². The van der Waals surface area contributed by atoms with E-state index in [0.717, 1.165) is 16.9 Å². The highest BCUT2D eigenvalue weighted by atomic mass is 32.1. The lowest BCUT2D eigenvalue weighted by Crippen LogP contribution is -2.40. The first-order valence-electron chi connectivity index (χ1n) is 15.6. The van der Waals surface area contributed by atoms with E-state index in [1.165, 1.54) is 16.9 Å². The predicted octanol–water partition coefficient (Wildman–Crippen LogP) is 6.63. The number of fused-ring (bicyclic) bond motifs is 1. The van der Waals surface area contributed by atoms with Crippen LogP contribution in [0.25, 0.3) is 6.08 Å². The van der Waals surface area contributed by atoms with Crippen molar-refractivity contribution < 1.29 is 14.3 Å². The molecular weight excluding hydrogens is 607 g/mol. The first kappa shape index (κ1) is 31.8. The van der Waals surface area contributed by atoms with Gasteiger partial charge in [0.15, 0.2) is 4.80 Å². The van der Waals surface area contributed by atoms with Crippen LogP contribution < -0.4 is 29.7 Å². The second-order valence-electron chi connectivity index (χ2n) is 12.4. The molecule has 0 bridgehead atoms. The van der Waals surface area contributed by atoms with E-state index in [4.69, 9.17) is 14.5 Å². The van der Waals surface area contributed by atoms with E-state index in [1.807, 2.05) is 110 Å². The lowest BCUT2D eigenvalue weighted by atomic mass is 9.87. The van der Waals surface area contributed by atoms with Crippen LogP contribution in [0.4, 0.5) is 5.69 Å². The average molecular weight is 644 g/mol. The maximum absolute atomic E-state index is 14.0. The molecule has 7 nitrogen and oxygen atoms in total. The van der Waals surface area contributed by atoms with Gasteiger partial charge in [-0.2, -0.15) is 0 Å². The van der Waals surface area contributed by atoms with Crippen LogP contribution in [0.5, 0.6) is 11.5 Å². The largest absolute Gasteiger partial charge is 0.490 e. The Labute approximate surface area is 278 Å². The van der Waals surface area contributed by atoms with E-state index in [9.17, 15) is 9.59 Å². The fourth-order valence-electron chi connectivity index (χ4n) is 5.50. The van der Waals surface area contributed by atoms with E-state index in [1.54, 1.807) is 4.57 Å². The number of rotatable bonds is 9. The third kappa shape index (κ3) is 7.28. The lowest BCUT2D eigenvalue weighted by Gasteiger charge is -2.25. The third-order valence-electron chi connectivity index (χ3n) is 7.91. The highest BCUT2D eigenvalue weighted by molar-refractivity contribution is 7.07. The van der Waals surface area contributed by atoms with Crippen molar-refractivity contribution >= 4 is 29.0 Å². The Hall–Kier alpha value is -5.21. The molecule has 0 spiro atoms. The van der Waals surface area contributed by atoms with Crippen molar-refractivity contribution in [1.82, 2.24) is 4.57 Å². The van der Waals surface area contributed by atoms with Crippen LogP contribution >= 0.6 is 11.3 Å². The Kier molecular flexibility index (Phi) is 9.22. The Balaban J connectivity index is 1.23. The molecule has 1 aliphatic heterocycles. The number of nitrogens with one attached hydrogen (secondary N) is 1. The van der Waals surface area contributed by atoms with E-state index < -0.39 is 6.04 Å². The summed E-state index contributed by atoms with van der Waals surface area (Å²) in [5.41, 5.74) is 4.46. The van der Waals surface area contributed by atoms with Crippen molar-refractivity contribution in [3.8, 4) is 11.5 Å². The number of nitrogens with zero attached hydrogens (tertiary/aromatic N) is 2. The molecule has 6 rings (SSSR count). The van der Waals surface area contributed by atoms with Gasteiger partial charge in [-0.15, -0.1) is 0 Å². The minimum absolute atomic E-state index is 0.0911. The van der Waals surface area contributed by atoms with E-state index in [-0.39, 0.29) is 16.9 Å². The monoisotopic (exact) mass is 643 g/mol. The summed E-state index contributed by atoms with van der Waals surface area (Å²) < 4.78 is 14.0. The number of hydrogen-bond donors (Lipinski definition) is 1. The number of para-hydroxylation sites is 1. The van der Waals surface area contributed by atoms with Crippen LogP contribution in [0, 0.1) is 0 Å². The number of carbonyl (C=O) groups excluding carboxylic acids is 1. The molecule has 4 aromatic carbocycles. The topological polar surface area (TPSA) is 81.9 Å². The van der Waals surface area contributed by atoms with E-state index in [2.05, 4.69) is 38.2 Å². The number of aromatic nitrogens is 1. The van der Waals surface area contributed by atoms with Gasteiger partial charge < -0.3 is 14.8 Å². The van der Waals surface area contributed by atoms with Crippen LogP contribution in [0.2, 0.25) is 0 Å². The number of amides is 1. The molecule has 5 aromatic rings. The molecule has 1 atom stereocenters. The van der Waals surface area contributed by atoms with Crippen molar-refractivity contribution in [2.24, 2.45) is 4.99 Å². The van der Waals surface area contributed by atoms with Gasteiger partial charge >= 0.3 is 0 Å². The molecule has 8 heteroatoms. The molecule has 1 N–H and O–H groups in total. The molecule has 2 heterocycles. The third-order valence-corrected chi connectivity index (χ3v) is 8.89. The highest BCUT2D eigenvalue weighted by Gasteiger charge is 2.32. The van der Waals surface area contributed by atoms with Gasteiger partial charge in [0.25, 0.3) is 11.5 Å². The smallest absolute Gasteiger partial charge is 0.271 e. The average Bonchev–Trinajstić information content (AvgIpc) is 3.36. The molecule has 238 valence electrons. The summed E-state index contributed by atoms with van der Waals surface area (Å²) in [6, 6.07) is 34.0. The molecule has 0 saturated carbocycles. The summed E-state index contributed by atoms with van der Waals surface area (Å²) in [5.74, 6) is 1.18. The molecule has 0 unspecified atom stereocenters. The van der Waals surface area contributed by atoms with E-state index >= 15 is 0 Å². The van der Waals surface area contributed by atoms with E-state index in [0.29, 0.717) is 45.3 Å². The Bertz CT molecular complexity index is 2090. The number of allylic oxidation sites excluding steroid dienone is 1. The second-order valence-corrected chi connectivity index (χ2v) is 13.4. The maximum Gasteiger partial charge on any atom is 0.271 e. The van der Waals surface area contributed by atoms with Crippen LogP contribution in [0.15, 0.2) is 130 Å². The summed E-state index contributed by atoms with van der Waals surface area (Å²) in [4.78, 5) is 33.0. The van der Waals surface area contributed by atoms with Gasteiger partial charge in [0, 0.05) is 5.69 Å². The van der Waals surface area contributed by atoms with Gasteiger partial charge in [0.05, 0.1) is 21.8 Å². The standard InChI is InChI=1S/C39H37N3O4S/c1-26-34(36(43)41-30-15-9-6-10-16-30)35(28-13-7-5-8-14-28)42-37(44)33(47-38(42)40-26)25-27-12-11-17-32(24-27)46-23-22-45-31-20-18-29(19-21-31)39(2,3)4/h5-21,24-25,35H,22-23H2,1-4H3,(H,41,43)/b33-25-/t35-/m0/s1. The van der Waals surface area contributed by atoms with Gasteiger partial charge in [-0.25, -0.2) is 4.99 Å². The SMILES string of the molecule is CC1=C(C(=O)Nc2ccccc2)[C@H](c2ccccc2)n2c(s/c(=C\c3cccc(OCCOc4ccc(C(C)(C)C)cc4)c3)c2=O)=N1. The molecule has 1 aromatic heterocycles. The normalized spacial score (nSPS) is 14.7. The van der Waals surface area contributed by atoms with Crippen molar-refractivity contribution in [3.63, 3.8) is 0 Å². The number of thiazole rings is 1. The van der Waals surface area contributed by atoms with Crippen LogP contribution in [0.3, 0.4) is 0 Å². The zero-order chi connectivity index (χ0) is 33.0. The quantitative estimate of drug-likeness (QED) is 0.183. The Morgan fingerprint density at radius 1 is 0.872 bits per heavy atom. The first-order chi connectivity index (χ1) is 22.7. The van der Waals surface area contributed by atoms with Crippen LogP contribution in [-0.4, -0.2) is 23.7 Å². The van der Waals surface area contributed by atoms with Crippen molar-refractivity contribution in [3.05, 3.63) is 157 Å². The Morgan fingerprint density at radius 2 is 1.53 bits per heavy atom. The fraction of sp³-hybridized carbons (Fsp3) is 0.205. The molecule has 47 heavy (non-hydrogen) atoms. The van der Waals surface area contributed by atoms with Crippen molar-refractivity contribution in [2.45, 2.75) is 39.2 Å². The lowest BCUT2D eigenvalue weighted by molar-refractivity contribution is -0.113. The molecule has 0 saturated heterocycles.